The van der Waals surface area contributed by atoms with Gasteiger partial charge in [0, 0.05) is 24.5 Å². The van der Waals surface area contributed by atoms with E-state index < -0.39 is 17.8 Å². The van der Waals surface area contributed by atoms with Crippen LogP contribution in [0.3, 0.4) is 0 Å². The topological polar surface area (TPSA) is 71.1 Å². The van der Waals surface area contributed by atoms with E-state index in [1.165, 1.54) is 19.2 Å². The summed E-state index contributed by atoms with van der Waals surface area (Å²) < 4.78 is 24.0. The Balaban J connectivity index is 1.80. The lowest BCUT2D eigenvalue weighted by molar-refractivity contribution is -0.131. The predicted molar refractivity (Wildman–Crippen MR) is 130 cm³/mol. The summed E-state index contributed by atoms with van der Waals surface area (Å²) in [5, 5.41) is 3.53. The van der Waals surface area contributed by atoms with Crippen LogP contribution in [0.25, 0.3) is 0 Å². The van der Waals surface area contributed by atoms with Crippen LogP contribution in [0, 0.1) is 5.82 Å². The Morgan fingerprint density at radius 2 is 1.85 bits per heavy atom. The average Bonchev–Trinajstić information content (AvgIpc) is 2.85. The van der Waals surface area contributed by atoms with Gasteiger partial charge in [0.15, 0.2) is 5.11 Å². The highest BCUT2D eigenvalue weighted by Gasteiger charge is 2.37. The van der Waals surface area contributed by atoms with Crippen molar-refractivity contribution >= 4 is 46.5 Å². The van der Waals surface area contributed by atoms with Crippen LogP contribution in [-0.2, 0) is 14.3 Å². The molecule has 1 saturated heterocycles. The molecule has 2 aromatic rings. The van der Waals surface area contributed by atoms with Gasteiger partial charge in [0.05, 0.1) is 42.5 Å². The van der Waals surface area contributed by atoms with E-state index in [1.807, 2.05) is 0 Å². The highest BCUT2D eigenvalue weighted by molar-refractivity contribution is 7.80. The van der Waals surface area contributed by atoms with Gasteiger partial charge in [0.25, 0.3) is 5.91 Å². The fourth-order valence-corrected chi connectivity index (χ4v) is 4.61. The van der Waals surface area contributed by atoms with E-state index in [-0.39, 0.29) is 10.9 Å². The number of rotatable bonds is 4. The lowest BCUT2D eigenvalue weighted by Gasteiger charge is -2.40. The van der Waals surface area contributed by atoms with Crippen LogP contribution in [0.1, 0.15) is 28.9 Å². The number of hydrogen-bond donors (Lipinski definition) is 1. The van der Waals surface area contributed by atoms with Gasteiger partial charge in [-0.05, 0) is 55.0 Å². The van der Waals surface area contributed by atoms with Crippen LogP contribution in [0.2, 0.25) is 5.02 Å². The number of hydrogen-bond acceptors (Lipinski definition) is 5. The summed E-state index contributed by atoms with van der Waals surface area (Å²) in [5.74, 6) is -1.15. The second kappa shape index (κ2) is 10.1. The molecule has 2 aliphatic heterocycles. The van der Waals surface area contributed by atoms with E-state index >= 15 is 0 Å². The van der Waals surface area contributed by atoms with Gasteiger partial charge in [-0.2, -0.15) is 0 Å². The number of methoxy groups -OCH3 is 1. The number of allylic oxidation sites excluding steroid dienone is 1. The molecule has 2 heterocycles. The van der Waals surface area contributed by atoms with E-state index in [9.17, 15) is 14.0 Å². The van der Waals surface area contributed by atoms with Crippen LogP contribution in [0.4, 0.5) is 10.1 Å². The first kappa shape index (κ1) is 24.1. The van der Waals surface area contributed by atoms with Crippen molar-refractivity contribution in [3.63, 3.8) is 0 Å². The van der Waals surface area contributed by atoms with E-state index in [0.29, 0.717) is 53.9 Å². The predicted octanol–water partition coefficient (Wildman–Crippen LogP) is 3.83. The minimum Gasteiger partial charge on any atom is -0.465 e. The van der Waals surface area contributed by atoms with Crippen molar-refractivity contribution in [3.05, 3.63) is 75.7 Å². The molecule has 0 bridgehead atoms. The van der Waals surface area contributed by atoms with Crippen LogP contribution in [0.15, 0.2) is 53.7 Å². The molecule has 1 atom stereocenters. The molecule has 178 valence electrons. The third-order valence-electron chi connectivity index (χ3n) is 5.84. The van der Waals surface area contributed by atoms with Gasteiger partial charge in [0.2, 0.25) is 0 Å². The molecule has 2 aliphatic rings. The fourth-order valence-electron chi connectivity index (χ4n) is 4.07. The molecule has 1 fully saturated rings. The Morgan fingerprint density at radius 3 is 2.47 bits per heavy atom. The fraction of sp³-hybridized carbons (Fsp3) is 0.292. The number of esters is 1. The summed E-state index contributed by atoms with van der Waals surface area (Å²) in [6.07, 6.45) is 0. The molecule has 34 heavy (non-hydrogen) atoms. The molecular weight excluding hydrogens is 481 g/mol. The Hall–Kier alpha value is -3.01. The Bertz CT molecular complexity index is 1170. The van der Waals surface area contributed by atoms with Crippen LogP contribution in [-0.4, -0.2) is 55.3 Å². The number of benzene rings is 2. The summed E-state index contributed by atoms with van der Waals surface area (Å²) in [5.41, 5.74) is 2.77. The number of amides is 1. The van der Waals surface area contributed by atoms with Gasteiger partial charge >= 0.3 is 5.97 Å². The summed E-state index contributed by atoms with van der Waals surface area (Å²) in [6.45, 7) is 3.65. The number of carbonyl (C=O) groups is 2. The first-order chi connectivity index (χ1) is 16.3. The van der Waals surface area contributed by atoms with Gasteiger partial charge in [-0.1, -0.05) is 23.7 Å². The Labute approximate surface area is 207 Å². The zero-order valence-electron chi connectivity index (χ0n) is 18.6. The molecule has 7 nitrogen and oxygen atoms in total. The third kappa shape index (κ3) is 4.64. The summed E-state index contributed by atoms with van der Waals surface area (Å²) >= 11 is 11.7. The van der Waals surface area contributed by atoms with Crippen molar-refractivity contribution in [1.82, 2.24) is 10.2 Å². The second-order valence-electron chi connectivity index (χ2n) is 7.83. The summed E-state index contributed by atoms with van der Waals surface area (Å²) in [6, 6.07) is 10.5. The van der Waals surface area contributed by atoms with Crippen molar-refractivity contribution in [3.8, 4) is 0 Å². The molecule has 0 unspecified atom stereocenters. The molecule has 10 heteroatoms. The summed E-state index contributed by atoms with van der Waals surface area (Å²) in [4.78, 5) is 29.0. The molecule has 0 radical (unpaired) electrons. The molecule has 0 saturated carbocycles. The molecule has 1 N–H and O–H groups in total. The molecule has 0 aromatic heterocycles. The van der Waals surface area contributed by atoms with Crippen molar-refractivity contribution in [1.29, 1.82) is 0 Å². The van der Waals surface area contributed by atoms with E-state index in [2.05, 4.69) is 5.32 Å². The first-order valence-electron chi connectivity index (χ1n) is 10.6. The first-order valence-corrected chi connectivity index (χ1v) is 11.4. The monoisotopic (exact) mass is 503 g/mol. The zero-order chi connectivity index (χ0) is 24.4. The number of morpholine rings is 1. The lowest BCUT2D eigenvalue weighted by Crippen LogP contribution is -2.51. The quantitative estimate of drug-likeness (QED) is 0.502. The SMILES string of the molecule is COC(=O)c1ccc([C@H]2NC(=S)N(c3ccc(F)c(Cl)c3)C(C)=C2C(=O)N2CCOCC2)cc1. The number of anilines is 1. The maximum atomic E-state index is 13.8. The summed E-state index contributed by atoms with van der Waals surface area (Å²) in [7, 11) is 1.32. The highest BCUT2D eigenvalue weighted by Crippen LogP contribution is 2.36. The minimum absolute atomic E-state index is 0.0466. The van der Waals surface area contributed by atoms with Crippen molar-refractivity contribution in [2.45, 2.75) is 13.0 Å². The number of nitrogens with one attached hydrogen (secondary N) is 1. The maximum absolute atomic E-state index is 13.8. The second-order valence-corrected chi connectivity index (χ2v) is 8.63. The van der Waals surface area contributed by atoms with Crippen LogP contribution in [0.5, 0.6) is 0 Å². The van der Waals surface area contributed by atoms with Crippen molar-refractivity contribution in [2.75, 3.05) is 38.3 Å². The standard InChI is InChI=1S/C24H23ClFN3O4S/c1-14-20(22(30)28-9-11-33-12-10-28)21(15-3-5-16(6-4-15)23(31)32-2)27-24(34)29(14)17-7-8-19(26)18(25)13-17/h3-8,13,21H,9-12H2,1-2H3,(H,27,34)/t21-/m1/s1. The number of thiocarbonyl (C=S) groups is 1. The lowest BCUT2D eigenvalue weighted by atomic mass is 9.93. The minimum atomic E-state index is -0.554. The van der Waals surface area contributed by atoms with Gasteiger partial charge in [-0.3, -0.25) is 9.69 Å². The van der Waals surface area contributed by atoms with Crippen LogP contribution >= 0.6 is 23.8 Å². The number of ether oxygens (including phenoxy) is 2. The smallest absolute Gasteiger partial charge is 0.337 e. The molecular formula is C24H23ClFN3O4S. The Morgan fingerprint density at radius 1 is 1.18 bits per heavy atom. The average molecular weight is 504 g/mol. The molecule has 0 spiro atoms. The molecule has 1 amide bonds. The van der Waals surface area contributed by atoms with E-state index in [1.54, 1.807) is 47.1 Å². The molecule has 0 aliphatic carbocycles. The van der Waals surface area contributed by atoms with Crippen LogP contribution < -0.4 is 10.2 Å². The van der Waals surface area contributed by atoms with Gasteiger partial charge in [-0.15, -0.1) is 0 Å². The van der Waals surface area contributed by atoms with Crippen molar-refractivity contribution in [2.24, 2.45) is 0 Å². The van der Waals surface area contributed by atoms with Gasteiger partial charge < -0.3 is 19.7 Å². The molecule has 2 aromatic carbocycles. The largest absolute Gasteiger partial charge is 0.465 e. The Kier molecular flexibility index (Phi) is 7.16. The highest BCUT2D eigenvalue weighted by atomic mass is 35.5. The maximum Gasteiger partial charge on any atom is 0.337 e. The van der Waals surface area contributed by atoms with Gasteiger partial charge in [-0.25, -0.2) is 9.18 Å². The van der Waals surface area contributed by atoms with Crippen molar-refractivity contribution < 1.29 is 23.5 Å². The number of carbonyl (C=O) groups excluding carboxylic acids is 2. The zero-order valence-corrected chi connectivity index (χ0v) is 20.2. The van der Waals surface area contributed by atoms with E-state index in [0.717, 1.165) is 5.56 Å². The van der Waals surface area contributed by atoms with E-state index in [4.69, 9.17) is 33.3 Å². The normalized spacial score (nSPS) is 18.6. The number of nitrogens with zero attached hydrogens (tertiary/aromatic N) is 2. The number of halogens is 2. The van der Waals surface area contributed by atoms with Gasteiger partial charge in [0.1, 0.15) is 5.82 Å². The molecule has 4 rings (SSSR count). The third-order valence-corrected chi connectivity index (χ3v) is 6.43.